The Kier molecular flexibility index (Phi) is 3.75. The summed E-state index contributed by atoms with van der Waals surface area (Å²) in [4.78, 5) is 0. The van der Waals surface area contributed by atoms with Gasteiger partial charge in [-0.1, -0.05) is 30.7 Å². The summed E-state index contributed by atoms with van der Waals surface area (Å²) < 4.78 is 0. The van der Waals surface area contributed by atoms with Crippen molar-refractivity contribution in [2.24, 2.45) is 0 Å². The molecule has 0 amide bonds. The van der Waals surface area contributed by atoms with Gasteiger partial charge < -0.3 is 10.4 Å². The highest BCUT2D eigenvalue weighted by Crippen LogP contribution is 2.13. The van der Waals surface area contributed by atoms with Gasteiger partial charge in [0.25, 0.3) is 0 Å². The van der Waals surface area contributed by atoms with Crippen LogP contribution in [0.5, 0.6) is 0 Å². The van der Waals surface area contributed by atoms with Crippen molar-refractivity contribution in [1.82, 2.24) is 5.32 Å². The van der Waals surface area contributed by atoms with Crippen molar-refractivity contribution in [3.05, 3.63) is 35.4 Å². The molecule has 2 nitrogen and oxygen atoms in total. The molecule has 1 fully saturated rings. The van der Waals surface area contributed by atoms with E-state index in [-0.39, 0.29) is 6.61 Å². The zero-order valence-electron chi connectivity index (χ0n) is 9.08. The topological polar surface area (TPSA) is 32.3 Å². The highest BCUT2D eigenvalue weighted by Gasteiger charge is 2.12. The van der Waals surface area contributed by atoms with Crippen molar-refractivity contribution in [2.45, 2.75) is 38.3 Å². The highest BCUT2D eigenvalue weighted by atomic mass is 16.3. The van der Waals surface area contributed by atoms with Crippen molar-refractivity contribution in [3.8, 4) is 0 Å². The van der Waals surface area contributed by atoms with Crippen LogP contribution in [-0.4, -0.2) is 17.7 Å². The predicted molar refractivity (Wildman–Crippen MR) is 61.7 cm³/mol. The molecule has 82 valence electrons. The number of hydrogen-bond acceptors (Lipinski definition) is 2. The summed E-state index contributed by atoms with van der Waals surface area (Å²) in [6, 6.07) is 8.93. The molecule has 1 aromatic rings. The van der Waals surface area contributed by atoms with Crippen LogP contribution in [0.15, 0.2) is 24.3 Å². The highest BCUT2D eigenvalue weighted by molar-refractivity contribution is 5.22. The van der Waals surface area contributed by atoms with Crippen molar-refractivity contribution in [3.63, 3.8) is 0 Å². The molecule has 0 saturated carbocycles. The largest absolute Gasteiger partial charge is 0.392 e. The monoisotopic (exact) mass is 205 g/mol. The van der Waals surface area contributed by atoms with Crippen LogP contribution >= 0.6 is 0 Å². The van der Waals surface area contributed by atoms with Gasteiger partial charge >= 0.3 is 0 Å². The lowest BCUT2D eigenvalue weighted by molar-refractivity contribution is 0.282. The average Bonchev–Trinajstić information content (AvgIpc) is 2.31. The predicted octanol–water partition coefficient (Wildman–Crippen LogP) is 1.86. The van der Waals surface area contributed by atoms with Crippen LogP contribution in [0.25, 0.3) is 0 Å². The summed E-state index contributed by atoms with van der Waals surface area (Å²) in [5.74, 6) is 0. The van der Waals surface area contributed by atoms with E-state index in [1.54, 1.807) is 0 Å². The van der Waals surface area contributed by atoms with Crippen molar-refractivity contribution in [1.29, 1.82) is 0 Å². The normalized spacial score (nSPS) is 21.5. The molecule has 15 heavy (non-hydrogen) atoms. The fourth-order valence-electron chi connectivity index (χ4n) is 2.16. The minimum Gasteiger partial charge on any atom is -0.392 e. The first-order valence-corrected chi connectivity index (χ1v) is 5.80. The number of aliphatic hydroxyl groups is 1. The van der Waals surface area contributed by atoms with E-state index in [4.69, 9.17) is 5.11 Å². The Morgan fingerprint density at radius 2 is 1.87 bits per heavy atom. The second kappa shape index (κ2) is 5.29. The number of aliphatic hydroxyl groups excluding tert-OH is 1. The van der Waals surface area contributed by atoms with Gasteiger partial charge in [0.2, 0.25) is 0 Å². The minimum atomic E-state index is 0.141. The molecule has 0 bridgehead atoms. The Hall–Kier alpha value is -0.860. The van der Waals surface area contributed by atoms with Gasteiger partial charge in [-0.2, -0.15) is 0 Å². The van der Waals surface area contributed by atoms with Gasteiger partial charge in [-0.05, 0) is 36.9 Å². The molecule has 1 heterocycles. The van der Waals surface area contributed by atoms with Gasteiger partial charge in [-0.3, -0.25) is 0 Å². The number of nitrogens with one attached hydrogen (secondary N) is 1. The maximum Gasteiger partial charge on any atom is 0.0681 e. The molecule has 2 heteroatoms. The molecule has 1 aliphatic rings. The van der Waals surface area contributed by atoms with Crippen LogP contribution in [0, 0.1) is 0 Å². The van der Waals surface area contributed by atoms with E-state index in [1.807, 2.05) is 12.1 Å². The Morgan fingerprint density at radius 3 is 2.47 bits per heavy atom. The maximum absolute atomic E-state index is 8.94. The van der Waals surface area contributed by atoms with E-state index < -0.39 is 0 Å². The number of rotatable bonds is 3. The molecule has 1 aliphatic heterocycles. The molecule has 0 radical (unpaired) electrons. The smallest absolute Gasteiger partial charge is 0.0681 e. The van der Waals surface area contributed by atoms with Crippen molar-refractivity contribution < 1.29 is 5.11 Å². The number of hydrogen-bond donors (Lipinski definition) is 2. The van der Waals surface area contributed by atoms with Gasteiger partial charge in [0.1, 0.15) is 0 Å². The Bertz CT molecular complexity index is 288. The summed E-state index contributed by atoms with van der Waals surface area (Å²) in [7, 11) is 0. The Labute approximate surface area is 91.3 Å². The lowest BCUT2D eigenvalue weighted by Gasteiger charge is -2.23. The molecule has 0 aromatic heterocycles. The molecule has 0 aliphatic carbocycles. The molecule has 1 unspecified atom stereocenters. The maximum atomic E-state index is 8.94. The second-order valence-corrected chi connectivity index (χ2v) is 4.33. The third kappa shape index (κ3) is 3.05. The van der Waals surface area contributed by atoms with E-state index in [2.05, 4.69) is 17.4 Å². The van der Waals surface area contributed by atoms with E-state index in [0.717, 1.165) is 12.0 Å². The zero-order chi connectivity index (χ0) is 10.5. The second-order valence-electron chi connectivity index (χ2n) is 4.33. The summed E-state index contributed by atoms with van der Waals surface area (Å²) in [5.41, 5.74) is 2.36. The van der Waals surface area contributed by atoms with Gasteiger partial charge in [-0.25, -0.2) is 0 Å². The zero-order valence-corrected chi connectivity index (χ0v) is 9.08. The van der Waals surface area contributed by atoms with E-state index in [0.29, 0.717) is 6.04 Å². The lowest BCUT2D eigenvalue weighted by atomic mass is 9.97. The minimum absolute atomic E-state index is 0.141. The fourth-order valence-corrected chi connectivity index (χ4v) is 2.16. The molecule has 1 atom stereocenters. The van der Waals surface area contributed by atoms with Crippen LogP contribution in [0.1, 0.15) is 30.4 Å². The van der Waals surface area contributed by atoms with Crippen molar-refractivity contribution >= 4 is 0 Å². The number of piperidine rings is 1. The first-order chi connectivity index (χ1) is 7.38. The first-order valence-electron chi connectivity index (χ1n) is 5.80. The van der Waals surface area contributed by atoms with Gasteiger partial charge in [0.05, 0.1) is 6.61 Å². The molecule has 1 saturated heterocycles. The van der Waals surface area contributed by atoms with Gasteiger partial charge in [-0.15, -0.1) is 0 Å². The molecule has 0 spiro atoms. The molecule has 2 N–H and O–H groups in total. The van der Waals surface area contributed by atoms with E-state index in [9.17, 15) is 0 Å². The fraction of sp³-hybridized carbons (Fsp3) is 0.538. The Morgan fingerprint density at radius 1 is 1.13 bits per heavy atom. The Balaban J connectivity index is 1.91. The molecular formula is C13H19NO. The summed E-state index contributed by atoms with van der Waals surface area (Å²) >= 11 is 0. The van der Waals surface area contributed by atoms with Gasteiger partial charge in [0, 0.05) is 6.04 Å². The van der Waals surface area contributed by atoms with E-state index in [1.165, 1.54) is 31.4 Å². The summed E-state index contributed by atoms with van der Waals surface area (Å²) in [5, 5.41) is 12.5. The first kappa shape index (κ1) is 10.7. The van der Waals surface area contributed by atoms with Crippen LogP contribution < -0.4 is 5.32 Å². The van der Waals surface area contributed by atoms with Crippen LogP contribution in [-0.2, 0) is 13.0 Å². The molecule has 1 aromatic carbocycles. The van der Waals surface area contributed by atoms with Crippen LogP contribution in [0.2, 0.25) is 0 Å². The third-order valence-corrected chi connectivity index (χ3v) is 3.10. The SMILES string of the molecule is OCc1ccc(CC2CCCCN2)cc1. The van der Waals surface area contributed by atoms with Gasteiger partial charge in [0.15, 0.2) is 0 Å². The number of benzene rings is 1. The van der Waals surface area contributed by atoms with Crippen molar-refractivity contribution in [2.75, 3.05) is 6.54 Å². The standard InChI is InChI=1S/C13H19NO/c15-10-12-6-4-11(5-7-12)9-13-3-1-2-8-14-13/h4-7,13-15H,1-3,8-10H2. The summed E-state index contributed by atoms with van der Waals surface area (Å²) in [6.45, 7) is 1.31. The quantitative estimate of drug-likeness (QED) is 0.789. The third-order valence-electron chi connectivity index (χ3n) is 3.10. The average molecular weight is 205 g/mol. The van der Waals surface area contributed by atoms with E-state index >= 15 is 0 Å². The van der Waals surface area contributed by atoms with Crippen LogP contribution in [0.3, 0.4) is 0 Å². The molecule has 2 rings (SSSR count). The van der Waals surface area contributed by atoms with Crippen LogP contribution in [0.4, 0.5) is 0 Å². The molecular weight excluding hydrogens is 186 g/mol. The lowest BCUT2D eigenvalue weighted by Crippen LogP contribution is -2.35. The summed E-state index contributed by atoms with van der Waals surface area (Å²) in [6.07, 6.45) is 5.08.